The van der Waals surface area contributed by atoms with E-state index in [-0.39, 0.29) is 0 Å². The van der Waals surface area contributed by atoms with Crippen LogP contribution < -0.4 is 0 Å². The van der Waals surface area contributed by atoms with Crippen LogP contribution in [0.1, 0.15) is 15.9 Å². The molecule has 0 saturated carbocycles. The number of rotatable bonds is 4. The standard InChI is InChI=1S/C18H25N3O2/c1-3-8-20-11-9-19(2)10-12-21(14-13-20)15-16-4-6-17(7-5-16)18(22)23/h4-8H,1,9-15H2,2H3,(H,22,23). The monoisotopic (exact) mass is 315 g/mol. The zero-order valence-corrected chi connectivity index (χ0v) is 13.7. The molecule has 0 amide bonds. The van der Waals surface area contributed by atoms with Crippen LogP contribution in [-0.2, 0) is 6.54 Å². The summed E-state index contributed by atoms with van der Waals surface area (Å²) in [7, 11) is 2.14. The fourth-order valence-electron chi connectivity index (χ4n) is 2.64. The number of hydrogen-bond acceptors (Lipinski definition) is 4. The molecular weight excluding hydrogens is 290 g/mol. The van der Waals surface area contributed by atoms with E-state index in [1.807, 2.05) is 18.3 Å². The number of carboxylic acid groups (broad SMARTS) is 1. The van der Waals surface area contributed by atoms with Gasteiger partial charge in [-0.2, -0.15) is 0 Å². The average molecular weight is 315 g/mol. The van der Waals surface area contributed by atoms with Gasteiger partial charge in [-0.3, -0.25) is 4.90 Å². The predicted octanol–water partition coefficient (Wildman–Crippen LogP) is 1.73. The van der Waals surface area contributed by atoms with E-state index in [0.717, 1.165) is 51.4 Å². The van der Waals surface area contributed by atoms with Crippen LogP contribution in [0.4, 0.5) is 0 Å². The van der Waals surface area contributed by atoms with Crippen LogP contribution >= 0.6 is 0 Å². The van der Waals surface area contributed by atoms with Crippen LogP contribution in [0, 0.1) is 0 Å². The highest BCUT2D eigenvalue weighted by molar-refractivity contribution is 5.87. The first-order valence-electron chi connectivity index (χ1n) is 7.91. The van der Waals surface area contributed by atoms with Crippen molar-refractivity contribution in [2.45, 2.75) is 6.54 Å². The quantitative estimate of drug-likeness (QED) is 0.858. The minimum absolute atomic E-state index is 0.334. The first-order chi connectivity index (χ1) is 11.1. The lowest BCUT2D eigenvalue weighted by Gasteiger charge is -2.24. The molecule has 1 aromatic carbocycles. The lowest BCUT2D eigenvalue weighted by Crippen LogP contribution is -2.34. The summed E-state index contributed by atoms with van der Waals surface area (Å²) in [5.41, 5.74) is 4.34. The molecule has 1 fully saturated rings. The summed E-state index contributed by atoms with van der Waals surface area (Å²) in [6.07, 6.45) is 1.93. The molecule has 0 spiro atoms. The summed E-state index contributed by atoms with van der Waals surface area (Å²) >= 11 is 0. The molecule has 0 unspecified atom stereocenters. The van der Waals surface area contributed by atoms with Crippen molar-refractivity contribution in [1.29, 1.82) is 0 Å². The van der Waals surface area contributed by atoms with Crippen LogP contribution in [0.3, 0.4) is 0 Å². The Morgan fingerprint density at radius 2 is 1.78 bits per heavy atom. The van der Waals surface area contributed by atoms with Gasteiger partial charge in [0.05, 0.1) is 5.56 Å². The molecule has 1 aromatic rings. The molecule has 1 saturated heterocycles. The normalized spacial score (nSPS) is 17.7. The highest BCUT2D eigenvalue weighted by Crippen LogP contribution is 2.09. The van der Waals surface area contributed by atoms with Crippen molar-refractivity contribution in [1.82, 2.24) is 14.7 Å². The molecule has 0 aliphatic carbocycles. The third kappa shape index (κ3) is 5.57. The van der Waals surface area contributed by atoms with Gasteiger partial charge in [0.25, 0.3) is 0 Å². The molecule has 1 aliphatic rings. The fraction of sp³-hybridized carbons (Fsp3) is 0.444. The predicted molar refractivity (Wildman–Crippen MR) is 91.5 cm³/mol. The molecular formula is C18H25N3O2. The first-order valence-corrected chi connectivity index (χ1v) is 7.91. The summed E-state index contributed by atoms with van der Waals surface area (Å²) in [5.74, 6) is -0.882. The van der Waals surface area contributed by atoms with Gasteiger partial charge in [0, 0.05) is 52.0 Å². The zero-order valence-electron chi connectivity index (χ0n) is 13.7. The zero-order chi connectivity index (χ0) is 16.7. The number of nitrogens with zero attached hydrogens (tertiary/aromatic N) is 3. The molecule has 0 bridgehead atoms. The molecule has 0 aromatic heterocycles. The summed E-state index contributed by atoms with van der Waals surface area (Å²) < 4.78 is 0. The van der Waals surface area contributed by atoms with Gasteiger partial charge < -0.3 is 14.9 Å². The molecule has 124 valence electrons. The summed E-state index contributed by atoms with van der Waals surface area (Å²) in [4.78, 5) is 17.9. The Morgan fingerprint density at radius 3 is 2.43 bits per heavy atom. The van der Waals surface area contributed by atoms with E-state index in [2.05, 4.69) is 34.1 Å². The number of likely N-dealkylation sites (N-methyl/N-ethyl adjacent to an activating group) is 1. The van der Waals surface area contributed by atoms with E-state index in [1.165, 1.54) is 0 Å². The second-order valence-corrected chi connectivity index (χ2v) is 5.95. The van der Waals surface area contributed by atoms with Crippen molar-refractivity contribution in [2.75, 3.05) is 46.3 Å². The number of benzene rings is 1. The highest BCUT2D eigenvalue weighted by atomic mass is 16.4. The fourth-order valence-corrected chi connectivity index (χ4v) is 2.64. The Hall–Kier alpha value is -2.07. The number of carboxylic acids is 1. The second-order valence-electron chi connectivity index (χ2n) is 5.95. The largest absolute Gasteiger partial charge is 0.478 e. The Balaban J connectivity index is 2.01. The molecule has 1 N–H and O–H groups in total. The maximum atomic E-state index is 10.9. The van der Waals surface area contributed by atoms with Gasteiger partial charge >= 0.3 is 5.97 Å². The van der Waals surface area contributed by atoms with Gasteiger partial charge in [-0.25, -0.2) is 4.79 Å². The van der Waals surface area contributed by atoms with E-state index in [4.69, 9.17) is 5.11 Å². The van der Waals surface area contributed by atoms with E-state index in [0.29, 0.717) is 5.56 Å². The van der Waals surface area contributed by atoms with Crippen molar-refractivity contribution in [3.8, 4) is 0 Å². The number of aromatic carboxylic acids is 1. The minimum atomic E-state index is -0.882. The molecule has 0 atom stereocenters. The maximum absolute atomic E-state index is 10.9. The Labute approximate surface area is 138 Å². The van der Waals surface area contributed by atoms with Crippen molar-refractivity contribution < 1.29 is 9.90 Å². The third-order valence-corrected chi connectivity index (χ3v) is 4.15. The molecule has 23 heavy (non-hydrogen) atoms. The van der Waals surface area contributed by atoms with Crippen molar-refractivity contribution in [2.24, 2.45) is 0 Å². The van der Waals surface area contributed by atoms with Crippen LogP contribution in [0.2, 0.25) is 0 Å². The Kier molecular flexibility index (Phi) is 6.41. The van der Waals surface area contributed by atoms with Crippen molar-refractivity contribution >= 4 is 5.97 Å². The molecule has 5 nitrogen and oxygen atoms in total. The Morgan fingerprint density at radius 1 is 1.17 bits per heavy atom. The number of carbonyl (C=O) groups is 1. The summed E-state index contributed by atoms with van der Waals surface area (Å²) in [6, 6.07) is 7.15. The van der Waals surface area contributed by atoms with Gasteiger partial charge in [0.2, 0.25) is 0 Å². The molecule has 0 radical (unpaired) electrons. The van der Waals surface area contributed by atoms with Gasteiger partial charge in [-0.15, -0.1) is 5.73 Å². The van der Waals surface area contributed by atoms with Crippen molar-refractivity contribution in [3.05, 3.63) is 53.9 Å². The van der Waals surface area contributed by atoms with Gasteiger partial charge in [-0.05, 0) is 24.7 Å². The van der Waals surface area contributed by atoms with Gasteiger partial charge in [0.15, 0.2) is 0 Å². The molecule has 2 rings (SSSR count). The average Bonchev–Trinajstić information content (AvgIpc) is 2.62. The molecule has 5 heteroatoms. The lowest BCUT2D eigenvalue weighted by molar-refractivity contribution is 0.0697. The first kappa shape index (κ1) is 17.3. The minimum Gasteiger partial charge on any atom is -0.478 e. The van der Waals surface area contributed by atoms with E-state index in [1.54, 1.807) is 12.1 Å². The third-order valence-electron chi connectivity index (χ3n) is 4.15. The highest BCUT2D eigenvalue weighted by Gasteiger charge is 2.13. The maximum Gasteiger partial charge on any atom is 0.335 e. The van der Waals surface area contributed by atoms with Crippen molar-refractivity contribution in [3.63, 3.8) is 0 Å². The summed E-state index contributed by atoms with van der Waals surface area (Å²) in [5, 5.41) is 8.97. The number of hydrogen-bond donors (Lipinski definition) is 1. The second kappa shape index (κ2) is 8.53. The van der Waals surface area contributed by atoms with E-state index < -0.39 is 5.97 Å². The van der Waals surface area contributed by atoms with Crippen LogP contribution in [0.15, 0.2) is 42.8 Å². The van der Waals surface area contributed by atoms with Crippen LogP contribution in [-0.4, -0.2) is 72.1 Å². The van der Waals surface area contributed by atoms with E-state index in [9.17, 15) is 4.79 Å². The van der Waals surface area contributed by atoms with Gasteiger partial charge in [0.1, 0.15) is 0 Å². The molecule has 1 heterocycles. The topological polar surface area (TPSA) is 47.0 Å². The van der Waals surface area contributed by atoms with Crippen LogP contribution in [0.25, 0.3) is 0 Å². The molecule has 1 aliphatic heterocycles. The van der Waals surface area contributed by atoms with E-state index >= 15 is 0 Å². The van der Waals surface area contributed by atoms with Gasteiger partial charge in [-0.1, -0.05) is 18.7 Å². The van der Waals surface area contributed by atoms with Crippen LogP contribution in [0.5, 0.6) is 0 Å². The Bertz CT molecular complexity index is 564. The SMILES string of the molecule is C=C=CN1CCN(C)CCN(Cc2ccc(C(=O)O)cc2)CC1. The summed E-state index contributed by atoms with van der Waals surface area (Å²) in [6.45, 7) is 10.5. The smallest absolute Gasteiger partial charge is 0.335 e. The lowest BCUT2D eigenvalue weighted by atomic mass is 10.1.